The van der Waals surface area contributed by atoms with Crippen LogP contribution in [0.5, 0.6) is 17.4 Å². The van der Waals surface area contributed by atoms with Gasteiger partial charge in [0.2, 0.25) is 11.8 Å². The molecule has 2 aromatic heterocycles. The van der Waals surface area contributed by atoms with Gasteiger partial charge in [0, 0.05) is 23.3 Å². The minimum absolute atomic E-state index is 0.00480. The molecule has 0 aliphatic carbocycles. The van der Waals surface area contributed by atoms with E-state index in [0.717, 1.165) is 10.1 Å². The minimum atomic E-state index is -1.37. The predicted molar refractivity (Wildman–Crippen MR) is 145 cm³/mol. The number of carboxylic acids is 1. The highest BCUT2D eigenvalue weighted by molar-refractivity contribution is 6.30. The topological polar surface area (TPSA) is 138 Å². The van der Waals surface area contributed by atoms with E-state index in [1.165, 1.54) is 24.6 Å². The van der Waals surface area contributed by atoms with Crippen molar-refractivity contribution < 1.29 is 19.4 Å². The molecule has 4 aromatic rings. The summed E-state index contributed by atoms with van der Waals surface area (Å²) in [6.07, 6.45) is 1.54. The van der Waals surface area contributed by atoms with Crippen LogP contribution in [0.15, 0.2) is 76.4 Å². The molecule has 202 valence electrons. The van der Waals surface area contributed by atoms with Crippen LogP contribution in [0.3, 0.4) is 0 Å². The molecule has 4 rings (SSSR count). The lowest BCUT2D eigenvalue weighted by molar-refractivity contribution is -0.147. The Morgan fingerprint density at radius 1 is 1.00 bits per heavy atom. The van der Waals surface area contributed by atoms with Crippen molar-refractivity contribution in [1.82, 2.24) is 19.1 Å². The molecule has 0 atom stereocenters. The van der Waals surface area contributed by atoms with Crippen LogP contribution >= 0.6 is 11.6 Å². The third kappa shape index (κ3) is 6.63. The molecular formula is C27H26ClN5O6. The molecule has 0 unspecified atom stereocenters. The number of methoxy groups -OCH3 is 1. The lowest BCUT2D eigenvalue weighted by Crippen LogP contribution is -2.46. The highest BCUT2D eigenvalue weighted by Gasteiger charge is 2.30. The summed E-state index contributed by atoms with van der Waals surface area (Å²) in [6, 6.07) is 17.0. The normalized spacial score (nSPS) is 11.2. The fourth-order valence-electron chi connectivity index (χ4n) is 3.54. The maximum atomic E-state index is 13.5. The summed E-state index contributed by atoms with van der Waals surface area (Å²) in [5.74, 6) is 0.341. The first-order chi connectivity index (χ1) is 18.6. The van der Waals surface area contributed by atoms with Crippen molar-refractivity contribution >= 4 is 29.2 Å². The van der Waals surface area contributed by atoms with Crippen molar-refractivity contribution in [2.24, 2.45) is 5.41 Å². The Hall–Kier alpha value is -4.64. The molecule has 0 fully saturated rings. The summed E-state index contributed by atoms with van der Waals surface area (Å²) < 4.78 is 12.9. The maximum Gasteiger partial charge on any atom is 0.354 e. The molecule has 2 heterocycles. The highest BCUT2D eigenvalue weighted by atomic mass is 35.5. The van der Waals surface area contributed by atoms with Crippen LogP contribution in [-0.4, -0.2) is 37.3 Å². The number of pyridine rings is 1. The monoisotopic (exact) mass is 551 g/mol. The molecule has 2 N–H and O–H groups in total. The smallest absolute Gasteiger partial charge is 0.354 e. The van der Waals surface area contributed by atoms with Gasteiger partial charge < -0.3 is 19.9 Å². The van der Waals surface area contributed by atoms with Gasteiger partial charge in [0.25, 0.3) is 0 Å². The Labute approximate surface area is 228 Å². The number of nitrogens with one attached hydrogen (secondary N) is 1. The number of hydrogen-bond donors (Lipinski definition) is 2. The number of anilines is 2. The van der Waals surface area contributed by atoms with Gasteiger partial charge in [-0.15, -0.1) is 0 Å². The molecule has 0 amide bonds. The molecule has 0 saturated carbocycles. The standard InChI is InChI=1S/C27H26ClN5O6/c1-27(2,23(34)35)16-33-25(36)31-24(32(26(33)37)15-17-4-6-18(28)7-5-17)30-19-8-10-20(11-9-19)39-22-13-12-21(38-3)14-29-22/h4-14H,15-16H2,1-3H3,(H,34,35)(H,30,31,36). The van der Waals surface area contributed by atoms with Crippen molar-refractivity contribution in [3.05, 3.63) is 98.4 Å². The molecular weight excluding hydrogens is 526 g/mol. The number of carbonyl (C=O) groups is 1. The van der Waals surface area contributed by atoms with E-state index in [1.54, 1.807) is 67.8 Å². The van der Waals surface area contributed by atoms with Gasteiger partial charge in [-0.1, -0.05) is 23.7 Å². The van der Waals surface area contributed by atoms with Crippen LogP contribution in [0.25, 0.3) is 0 Å². The first-order valence-corrected chi connectivity index (χ1v) is 12.2. The Morgan fingerprint density at radius 3 is 2.26 bits per heavy atom. The van der Waals surface area contributed by atoms with Crippen LogP contribution in [0.2, 0.25) is 5.02 Å². The van der Waals surface area contributed by atoms with Crippen molar-refractivity contribution in [2.45, 2.75) is 26.9 Å². The van der Waals surface area contributed by atoms with Crippen LogP contribution in [0.4, 0.5) is 11.6 Å². The highest BCUT2D eigenvalue weighted by Crippen LogP contribution is 2.24. The van der Waals surface area contributed by atoms with Gasteiger partial charge in [-0.05, 0) is 61.9 Å². The fourth-order valence-corrected chi connectivity index (χ4v) is 3.67. The molecule has 0 spiro atoms. The van der Waals surface area contributed by atoms with E-state index in [1.807, 2.05) is 0 Å². The van der Waals surface area contributed by atoms with E-state index in [4.69, 9.17) is 21.1 Å². The second-order valence-electron chi connectivity index (χ2n) is 9.28. The van der Waals surface area contributed by atoms with Gasteiger partial charge in [-0.25, -0.2) is 19.1 Å². The summed E-state index contributed by atoms with van der Waals surface area (Å²) in [7, 11) is 1.55. The molecule has 39 heavy (non-hydrogen) atoms. The number of nitrogens with zero attached hydrogens (tertiary/aromatic N) is 4. The number of aromatic nitrogens is 4. The first kappa shape index (κ1) is 27.4. The Bertz CT molecular complexity index is 1580. The number of aliphatic carboxylic acids is 1. The van der Waals surface area contributed by atoms with Gasteiger partial charge in [-0.2, -0.15) is 4.98 Å². The predicted octanol–water partition coefficient (Wildman–Crippen LogP) is 4.16. The average molecular weight is 552 g/mol. The second kappa shape index (κ2) is 11.4. The SMILES string of the molecule is COc1ccc(Oc2ccc(Nc3nc(=O)n(CC(C)(C)C(=O)O)c(=O)n3Cc3ccc(Cl)cc3)cc2)nc1. The molecule has 11 nitrogen and oxygen atoms in total. The Morgan fingerprint density at radius 2 is 1.67 bits per heavy atom. The zero-order valence-electron chi connectivity index (χ0n) is 21.4. The molecule has 12 heteroatoms. The van der Waals surface area contributed by atoms with Crippen molar-refractivity contribution in [3.8, 4) is 17.4 Å². The average Bonchev–Trinajstić information content (AvgIpc) is 2.91. The molecule has 0 bridgehead atoms. The largest absolute Gasteiger partial charge is 0.495 e. The van der Waals surface area contributed by atoms with E-state index in [0.29, 0.717) is 28.1 Å². The lowest BCUT2D eigenvalue weighted by Gasteiger charge is -2.21. The summed E-state index contributed by atoms with van der Waals surface area (Å²) in [5.41, 5.74) is -1.68. The zero-order valence-corrected chi connectivity index (χ0v) is 22.2. The molecule has 2 aromatic carbocycles. The van der Waals surface area contributed by atoms with Crippen molar-refractivity contribution in [3.63, 3.8) is 0 Å². The van der Waals surface area contributed by atoms with Crippen molar-refractivity contribution in [2.75, 3.05) is 12.4 Å². The van der Waals surface area contributed by atoms with Gasteiger partial charge in [-0.3, -0.25) is 9.36 Å². The summed E-state index contributed by atoms with van der Waals surface area (Å²) in [4.78, 5) is 46.2. The van der Waals surface area contributed by atoms with Crippen LogP contribution in [0, 0.1) is 5.41 Å². The van der Waals surface area contributed by atoms with E-state index in [2.05, 4.69) is 15.3 Å². The molecule has 0 aliphatic heterocycles. The van der Waals surface area contributed by atoms with E-state index >= 15 is 0 Å². The van der Waals surface area contributed by atoms with Gasteiger partial charge in [0.05, 0.1) is 25.3 Å². The van der Waals surface area contributed by atoms with Crippen molar-refractivity contribution in [1.29, 1.82) is 0 Å². The zero-order chi connectivity index (χ0) is 28.2. The summed E-state index contributed by atoms with van der Waals surface area (Å²) >= 11 is 6.00. The third-order valence-corrected chi connectivity index (χ3v) is 6.07. The number of carboxylic acid groups (broad SMARTS) is 1. The number of benzene rings is 2. The number of rotatable bonds is 10. The van der Waals surface area contributed by atoms with Gasteiger partial charge in [0.15, 0.2) is 0 Å². The second-order valence-corrected chi connectivity index (χ2v) is 9.71. The molecule has 0 radical (unpaired) electrons. The van der Waals surface area contributed by atoms with Gasteiger partial charge >= 0.3 is 17.3 Å². The van der Waals surface area contributed by atoms with Crippen LogP contribution in [-0.2, 0) is 17.9 Å². The molecule has 0 saturated heterocycles. The van der Waals surface area contributed by atoms with E-state index < -0.39 is 22.8 Å². The van der Waals surface area contributed by atoms with E-state index in [-0.39, 0.29) is 19.0 Å². The quantitative estimate of drug-likeness (QED) is 0.297. The van der Waals surface area contributed by atoms with Crippen LogP contribution < -0.4 is 26.2 Å². The van der Waals surface area contributed by atoms with E-state index in [9.17, 15) is 19.5 Å². The Kier molecular flexibility index (Phi) is 8.01. The number of hydrogen-bond acceptors (Lipinski definition) is 8. The first-order valence-electron chi connectivity index (χ1n) is 11.8. The van der Waals surface area contributed by atoms with Gasteiger partial charge in [0.1, 0.15) is 11.5 Å². The summed E-state index contributed by atoms with van der Waals surface area (Å²) in [5, 5.41) is 13.1. The molecule has 0 aliphatic rings. The fraction of sp³-hybridized carbons (Fsp3) is 0.222. The van der Waals surface area contributed by atoms with Crippen LogP contribution in [0.1, 0.15) is 19.4 Å². The maximum absolute atomic E-state index is 13.5. The number of ether oxygens (including phenoxy) is 2. The summed E-state index contributed by atoms with van der Waals surface area (Å²) in [6.45, 7) is 2.58. The minimum Gasteiger partial charge on any atom is -0.495 e. The lowest BCUT2D eigenvalue weighted by atomic mass is 9.94. The number of halogens is 1. The third-order valence-electron chi connectivity index (χ3n) is 5.81. The Balaban J connectivity index is 1.65.